The largest absolute Gasteiger partial charge is 0.425 e. The van der Waals surface area contributed by atoms with Crippen molar-refractivity contribution in [1.29, 1.82) is 0 Å². The Kier molecular flexibility index (Phi) is 7.90. The molecule has 37 heavy (non-hydrogen) atoms. The molecule has 1 heterocycles. The molecule has 0 aliphatic carbocycles. The molecule has 0 saturated carbocycles. The molecule has 1 aromatic heterocycles. The lowest BCUT2D eigenvalue weighted by Gasteiger charge is -2.19. The van der Waals surface area contributed by atoms with Crippen LogP contribution in [0.3, 0.4) is 0 Å². The number of ether oxygens (including phenoxy) is 1. The molecule has 0 saturated heterocycles. The summed E-state index contributed by atoms with van der Waals surface area (Å²) in [6, 6.07) is 19.1. The van der Waals surface area contributed by atoms with Gasteiger partial charge in [-0.05, 0) is 62.1 Å². The van der Waals surface area contributed by atoms with Crippen LogP contribution in [0.5, 0.6) is 5.75 Å². The van der Waals surface area contributed by atoms with Crippen molar-refractivity contribution < 1.29 is 22.4 Å². The second kappa shape index (κ2) is 11.1. The van der Waals surface area contributed by atoms with Crippen molar-refractivity contribution in [2.45, 2.75) is 51.0 Å². The maximum absolute atomic E-state index is 13.4. The fourth-order valence-corrected chi connectivity index (χ4v) is 5.35. The first-order chi connectivity index (χ1) is 17.7. The summed E-state index contributed by atoms with van der Waals surface area (Å²) in [7, 11) is -4.01. The maximum Gasteiger partial charge on any atom is 0.336 e. The van der Waals surface area contributed by atoms with Crippen molar-refractivity contribution in [3.8, 4) is 5.75 Å². The number of benzene rings is 3. The molecular weight excluding hydrogens is 490 g/mol. The monoisotopic (exact) mass is 519 g/mol. The topological polar surface area (TPSA) is 103 Å². The number of hydrogen-bond acceptors (Lipinski definition) is 6. The van der Waals surface area contributed by atoms with Gasteiger partial charge in [0.05, 0.1) is 4.90 Å². The number of fused-ring (bicyclic) bond motifs is 1. The number of hydrogen-bond donors (Lipinski definition) is 1. The average molecular weight is 520 g/mol. The van der Waals surface area contributed by atoms with Crippen LogP contribution in [0.15, 0.2) is 86.9 Å². The molecule has 0 amide bonds. The van der Waals surface area contributed by atoms with Crippen molar-refractivity contribution in [1.82, 2.24) is 4.72 Å². The van der Waals surface area contributed by atoms with Crippen molar-refractivity contribution >= 4 is 27.0 Å². The van der Waals surface area contributed by atoms with E-state index < -0.39 is 27.7 Å². The van der Waals surface area contributed by atoms with Crippen LogP contribution in [0, 0.1) is 13.8 Å². The van der Waals surface area contributed by atoms with Gasteiger partial charge in [-0.25, -0.2) is 18.0 Å². The summed E-state index contributed by atoms with van der Waals surface area (Å²) in [5.41, 5.74) is 2.90. The maximum atomic E-state index is 13.4. The van der Waals surface area contributed by atoms with Gasteiger partial charge in [-0.3, -0.25) is 0 Å². The first-order valence-electron chi connectivity index (χ1n) is 12.1. The van der Waals surface area contributed by atoms with Gasteiger partial charge in [0.1, 0.15) is 17.4 Å². The van der Waals surface area contributed by atoms with E-state index in [1.54, 1.807) is 31.2 Å². The second-order valence-corrected chi connectivity index (χ2v) is 10.7. The Bertz CT molecular complexity index is 1580. The van der Waals surface area contributed by atoms with Gasteiger partial charge in [0.15, 0.2) is 0 Å². The molecule has 7 nitrogen and oxygen atoms in total. The van der Waals surface area contributed by atoms with E-state index in [4.69, 9.17) is 9.15 Å². The molecule has 4 aromatic rings. The molecule has 192 valence electrons. The average Bonchev–Trinajstić information content (AvgIpc) is 2.86. The van der Waals surface area contributed by atoms with E-state index in [2.05, 4.69) is 4.72 Å². The molecule has 4 rings (SSSR count). The van der Waals surface area contributed by atoms with Gasteiger partial charge in [-0.15, -0.1) is 0 Å². The molecule has 0 fully saturated rings. The standard InChI is InChI=1S/C29H29NO6S/c1-4-8-22-18-27(31)36-28-20(3)26(16-15-24(22)28)35-29(32)25(17-21-9-6-5-7-10-21)30-37(33,34)23-13-11-19(2)12-14-23/h5-7,9-16,18,25,30H,4,8,17H2,1-3H3. The number of sulfonamides is 1. The third kappa shape index (κ3) is 6.15. The summed E-state index contributed by atoms with van der Waals surface area (Å²) in [6.45, 7) is 5.58. The predicted octanol–water partition coefficient (Wildman–Crippen LogP) is 4.86. The van der Waals surface area contributed by atoms with Crippen LogP contribution in [0.4, 0.5) is 0 Å². The summed E-state index contributed by atoms with van der Waals surface area (Å²) >= 11 is 0. The number of carbonyl (C=O) groups excluding carboxylic acids is 1. The summed E-state index contributed by atoms with van der Waals surface area (Å²) < 4.78 is 39.9. The molecule has 0 aliphatic rings. The second-order valence-electron chi connectivity index (χ2n) is 9.00. The van der Waals surface area contributed by atoms with E-state index in [1.165, 1.54) is 18.2 Å². The Morgan fingerprint density at radius 2 is 1.70 bits per heavy atom. The van der Waals surface area contributed by atoms with E-state index in [9.17, 15) is 18.0 Å². The van der Waals surface area contributed by atoms with Crippen molar-refractivity contribution in [2.75, 3.05) is 0 Å². The number of aryl methyl sites for hydroxylation is 3. The van der Waals surface area contributed by atoms with Gasteiger partial charge in [0.25, 0.3) is 0 Å². The van der Waals surface area contributed by atoms with Gasteiger partial charge in [0.2, 0.25) is 10.0 Å². The Balaban J connectivity index is 1.67. The van der Waals surface area contributed by atoms with Gasteiger partial charge >= 0.3 is 11.6 Å². The highest BCUT2D eigenvalue weighted by Crippen LogP contribution is 2.29. The fraction of sp³-hybridized carbons (Fsp3) is 0.241. The highest BCUT2D eigenvalue weighted by Gasteiger charge is 2.28. The molecular formula is C29H29NO6S. The summed E-state index contributed by atoms with van der Waals surface area (Å²) in [4.78, 5) is 25.6. The molecule has 0 bridgehead atoms. The van der Waals surface area contributed by atoms with E-state index in [1.807, 2.05) is 44.2 Å². The van der Waals surface area contributed by atoms with Crippen molar-refractivity contribution in [3.05, 3.63) is 105 Å². The molecule has 1 N–H and O–H groups in total. The molecule has 3 aromatic carbocycles. The van der Waals surface area contributed by atoms with Gasteiger partial charge in [-0.2, -0.15) is 4.72 Å². The zero-order chi connectivity index (χ0) is 26.6. The third-order valence-corrected chi connectivity index (χ3v) is 7.61. The zero-order valence-electron chi connectivity index (χ0n) is 21.0. The SMILES string of the molecule is CCCc1cc(=O)oc2c(C)c(OC(=O)C(Cc3ccccc3)NS(=O)(=O)c3ccc(C)cc3)ccc12. The Morgan fingerprint density at radius 3 is 2.38 bits per heavy atom. The Morgan fingerprint density at radius 1 is 1.00 bits per heavy atom. The highest BCUT2D eigenvalue weighted by atomic mass is 32.2. The first kappa shape index (κ1) is 26.3. The highest BCUT2D eigenvalue weighted by molar-refractivity contribution is 7.89. The number of rotatable bonds is 9. The minimum absolute atomic E-state index is 0.0519. The zero-order valence-corrected chi connectivity index (χ0v) is 21.8. The van der Waals surface area contributed by atoms with Gasteiger partial charge in [0, 0.05) is 17.0 Å². The van der Waals surface area contributed by atoms with E-state index in [0.29, 0.717) is 17.6 Å². The minimum atomic E-state index is -4.01. The summed E-state index contributed by atoms with van der Waals surface area (Å²) in [5, 5.41) is 0.777. The van der Waals surface area contributed by atoms with Gasteiger partial charge in [-0.1, -0.05) is 61.4 Å². The van der Waals surface area contributed by atoms with E-state index >= 15 is 0 Å². The summed E-state index contributed by atoms with van der Waals surface area (Å²) in [6.07, 6.45) is 1.66. The molecule has 8 heteroatoms. The van der Waals surface area contributed by atoms with Crippen LogP contribution in [-0.4, -0.2) is 20.4 Å². The Hall–Kier alpha value is -3.75. The smallest absolute Gasteiger partial charge is 0.336 e. The molecule has 1 unspecified atom stereocenters. The summed E-state index contributed by atoms with van der Waals surface area (Å²) in [5.74, 6) is -0.573. The Labute approximate surface area is 216 Å². The molecule has 1 atom stereocenters. The normalized spacial score (nSPS) is 12.4. The van der Waals surface area contributed by atoms with Crippen molar-refractivity contribution in [3.63, 3.8) is 0 Å². The van der Waals surface area contributed by atoms with E-state index in [0.717, 1.165) is 28.5 Å². The number of carbonyl (C=O) groups is 1. The lowest BCUT2D eigenvalue weighted by molar-refractivity contribution is -0.136. The first-order valence-corrected chi connectivity index (χ1v) is 13.6. The van der Waals surface area contributed by atoms with Crippen LogP contribution in [0.25, 0.3) is 11.0 Å². The van der Waals surface area contributed by atoms with Gasteiger partial charge < -0.3 is 9.15 Å². The quantitative estimate of drug-likeness (QED) is 0.193. The lowest BCUT2D eigenvalue weighted by atomic mass is 10.0. The molecule has 0 aliphatic heterocycles. The van der Waals surface area contributed by atoms with Crippen LogP contribution in [0.2, 0.25) is 0 Å². The number of esters is 1. The fourth-order valence-electron chi connectivity index (χ4n) is 4.17. The third-order valence-electron chi connectivity index (χ3n) is 6.12. The van der Waals surface area contributed by atoms with Crippen LogP contribution in [0.1, 0.15) is 35.6 Å². The lowest BCUT2D eigenvalue weighted by Crippen LogP contribution is -2.44. The predicted molar refractivity (Wildman–Crippen MR) is 142 cm³/mol. The number of nitrogens with one attached hydrogen (secondary N) is 1. The minimum Gasteiger partial charge on any atom is -0.425 e. The van der Waals surface area contributed by atoms with Crippen LogP contribution < -0.4 is 15.1 Å². The van der Waals surface area contributed by atoms with Crippen molar-refractivity contribution in [2.24, 2.45) is 0 Å². The molecule has 0 radical (unpaired) electrons. The van der Waals surface area contributed by atoms with Crippen LogP contribution in [-0.2, 0) is 27.7 Å². The van der Waals surface area contributed by atoms with Crippen LogP contribution >= 0.6 is 0 Å². The molecule has 0 spiro atoms. The van der Waals surface area contributed by atoms with E-state index in [-0.39, 0.29) is 17.1 Å².